The second kappa shape index (κ2) is 6.29. The zero-order valence-electron chi connectivity index (χ0n) is 10.8. The molecule has 0 aliphatic rings. The Kier molecular flexibility index (Phi) is 4.25. The highest BCUT2D eigenvalue weighted by Crippen LogP contribution is 2.17. The molecule has 2 aromatic carbocycles. The molecular formula is C14H11N3O4. The van der Waals surface area contributed by atoms with Gasteiger partial charge in [0, 0.05) is 6.07 Å². The number of carbonyl (C=O) groups is 1. The van der Waals surface area contributed by atoms with Crippen LogP contribution in [0.3, 0.4) is 0 Å². The molecule has 0 fully saturated rings. The molecule has 106 valence electrons. The molecule has 0 aliphatic carbocycles. The van der Waals surface area contributed by atoms with E-state index in [0.717, 1.165) is 0 Å². The van der Waals surface area contributed by atoms with Crippen LogP contribution in [0.25, 0.3) is 0 Å². The molecule has 2 aromatic rings. The van der Waals surface area contributed by atoms with E-state index in [-0.39, 0.29) is 11.3 Å². The maximum absolute atomic E-state index is 11.0. The Morgan fingerprint density at radius 3 is 2.57 bits per heavy atom. The third-order valence-corrected chi connectivity index (χ3v) is 2.68. The maximum atomic E-state index is 11.0. The van der Waals surface area contributed by atoms with Crippen molar-refractivity contribution >= 4 is 23.6 Å². The Hall–Kier alpha value is -3.22. The topological polar surface area (TPSA) is 105 Å². The number of hydrogen-bond donors (Lipinski definition) is 2. The van der Waals surface area contributed by atoms with Crippen LogP contribution in [0.1, 0.15) is 15.9 Å². The summed E-state index contributed by atoms with van der Waals surface area (Å²) in [6.07, 6.45) is 1.27. The SMILES string of the molecule is O=C(O)c1ccccc1N/N=C/c1ccccc1[N+](=O)[O-]. The molecule has 7 heteroatoms. The second-order valence-corrected chi connectivity index (χ2v) is 4.04. The van der Waals surface area contributed by atoms with Gasteiger partial charge in [-0.1, -0.05) is 24.3 Å². The summed E-state index contributed by atoms with van der Waals surface area (Å²) in [5.74, 6) is -1.08. The molecule has 0 heterocycles. The number of benzene rings is 2. The molecule has 0 aromatic heterocycles. The van der Waals surface area contributed by atoms with E-state index in [1.807, 2.05) is 0 Å². The van der Waals surface area contributed by atoms with Crippen LogP contribution in [0, 0.1) is 10.1 Å². The van der Waals surface area contributed by atoms with Gasteiger partial charge in [0.2, 0.25) is 0 Å². The lowest BCUT2D eigenvalue weighted by molar-refractivity contribution is -0.385. The summed E-state index contributed by atoms with van der Waals surface area (Å²) in [5.41, 5.74) is 3.20. The average molecular weight is 285 g/mol. The van der Waals surface area contributed by atoms with Crippen LogP contribution in [0.5, 0.6) is 0 Å². The van der Waals surface area contributed by atoms with Gasteiger partial charge in [-0.25, -0.2) is 4.79 Å². The number of nitrogens with zero attached hydrogens (tertiary/aromatic N) is 2. The Morgan fingerprint density at radius 2 is 1.86 bits per heavy atom. The van der Waals surface area contributed by atoms with Gasteiger partial charge < -0.3 is 5.11 Å². The molecule has 0 saturated heterocycles. The van der Waals surface area contributed by atoms with Crippen molar-refractivity contribution in [1.29, 1.82) is 0 Å². The summed E-state index contributed by atoms with van der Waals surface area (Å²) < 4.78 is 0. The van der Waals surface area contributed by atoms with Gasteiger partial charge in [-0.2, -0.15) is 5.10 Å². The van der Waals surface area contributed by atoms with E-state index >= 15 is 0 Å². The number of nitro groups is 1. The first-order valence-electron chi connectivity index (χ1n) is 5.94. The third-order valence-electron chi connectivity index (χ3n) is 2.68. The number of hydrogen-bond acceptors (Lipinski definition) is 5. The Labute approximate surface area is 119 Å². The molecule has 0 saturated carbocycles. The first-order valence-corrected chi connectivity index (χ1v) is 5.94. The van der Waals surface area contributed by atoms with Crippen molar-refractivity contribution in [2.45, 2.75) is 0 Å². The lowest BCUT2D eigenvalue weighted by atomic mass is 10.2. The first-order chi connectivity index (χ1) is 10.1. The van der Waals surface area contributed by atoms with Gasteiger partial charge in [-0.3, -0.25) is 15.5 Å². The summed E-state index contributed by atoms with van der Waals surface area (Å²) >= 11 is 0. The fraction of sp³-hybridized carbons (Fsp3) is 0. The van der Waals surface area contributed by atoms with Gasteiger partial charge in [0.15, 0.2) is 0 Å². The number of rotatable bonds is 5. The number of nitrogens with one attached hydrogen (secondary N) is 1. The third kappa shape index (κ3) is 3.41. The Bertz CT molecular complexity index is 713. The van der Waals surface area contributed by atoms with Gasteiger partial charge in [-0.15, -0.1) is 0 Å². The molecule has 0 aliphatic heterocycles. The van der Waals surface area contributed by atoms with Gasteiger partial charge in [0.1, 0.15) is 0 Å². The number of nitro benzene ring substituents is 1. The zero-order valence-corrected chi connectivity index (χ0v) is 10.8. The number of anilines is 1. The van der Waals surface area contributed by atoms with E-state index in [0.29, 0.717) is 11.3 Å². The molecule has 21 heavy (non-hydrogen) atoms. The molecule has 2 rings (SSSR count). The predicted octanol–water partition coefficient (Wildman–Crippen LogP) is 2.74. The Balaban J connectivity index is 2.21. The smallest absolute Gasteiger partial charge is 0.337 e. The average Bonchev–Trinajstić information content (AvgIpc) is 2.48. The van der Waals surface area contributed by atoms with E-state index in [9.17, 15) is 14.9 Å². The van der Waals surface area contributed by atoms with E-state index in [4.69, 9.17) is 5.11 Å². The second-order valence-electron chi connectivity index (χ2n) is 4.04. The van der Waals surface area contributed by atoms with Gasteiger partial charge in [-0.05, 0) is 18.2 Å². The highest BCUT2D eigenvalue weighted by molar-refractivity contribution is 5.94. The summed E-state index contributed by atoms with van der Waals surface area (Å²) in [7, 11) is 0. The molecule has 0 bridgehead atoms. The number of carboxylic acids is 1. The lowest BCUT2D eigenvalue weighted by Gasteiger charge is -2.04. The van der Waals surface area contributed by atoms with Crippen LogP contribution >= 0.6 is 0 Å². The molecule has 0 unspecified atom stereocenters. The van der Waals surface area contributed by atoms with Crippen molar-refractivity contribution in [2.24, 2.45) is 5.10 Å². The minimum absolute atomic E-state index is 0.0669. The molecule has 0 spiro atoms. The lowest BCUT2D eigenvalue weighted by Crippen LogP contribution is -2.02. The van der Waals surface area contributed by atoms with Gasteiger partial charge in [0.05, 0.1) is 28.0 Å². The minimum Gasteiger partial charge on any atom is -0.478 e. The molecule has 0 amide bonds. The molecule has 2 N–H and O–H groups in total. The molecule has 7 nitrogen and oxygen atoms in total. The fourth-order valence-corrected chi connectivity index (χ4v) is 1.70. The van der Waals surface area contributed by atoms with Gasteiger partial charge in [0.25, 0.3) is 5.69 Å². The molecule has 0 radical (unpaired) electrons. The van der Waals surface area contributed by atoms with Crippen LogP contribution in [-0.2, 0) is 0 Å². The van der Waals surface area contributed by atoms with Crippen molar-refractivity contribution in [2.75, 3.05) is 5.43 Å². The van der Waals surface area contributed by atoms with E-state index in [2.05, 4.69) is 10.5 Å². The van der Waals surface area contributed by atoms with Crippen molar-refractivity contribution in [3.63, 3.8) is 0 Å². The van der Waals surface area contributed by atoms with Crippen LogP contribution in [-0.4, -0.2) is 22.2 Å². The number of aromatic carboxylic acids is 1. The van der Waals surface area contributed by atoms with Crippen LogP contribution in [0.2, 0.25) is 0 Å². The normalized spacial score (nSPS) is 10.5. The number of para-hydroxylation sites is 2. The van der Waals surface area contributed by atoms with Gasteiger partial charge >= 0.3 is 5.97 Å². The predicted molar refractivity (Wildman–Crippen MR) is 77.7 cm³/mol. The van der Waals surface area contributed by atoms with Crippen LogP contribution in [0.4, 0.5) is 11.4 Å². The summed E-state index contributed by atoms with van der Waals surface area (Å²) in [6, 6.07) is 12.4. The largest absolute Gasteiger partial charge is 0.478 e. The number of hydrazone groups is 1. The van der Waals surface area contributed by atoms with Crippen molar-refractivity contribution < 1.29 is 14.8 Å². The monoisotopic (exact) mass is 285 g/mol. The maximum Gasteiger partial charge on any atom is 0.337 e. The highest BCUT2D eigenvalue weighted by atomic mass is 16.6. The standard InChI is InChI=1S/C14H11N3O4/c18-14(19)11-6-2-3-7-12(11)16-15-9-10-5-1-4-8-13(10)17(20)21/h1-9,16H,(H,18,19)/b15-9+. The summed E-state index contributed by atoms with van der Waals surface area (Å²) in [5, 5.41) is 23.7. The van der Waals surface area contributed by atoms with E-state index in [1.54, 1.807) is 36.4 Å². The number of carboxylic acid groups (broad SMARTS) is 1. The fourth-order valence-electron chi connectivity index (χ4n) is 1.70. The van der Waals surface area contributed by atoms with Crippen LogP contribution in [0.15, 0.2) is 53.6 Å². The Morgan fingerprint density at radius 1 is 1.19 bits per heavy atom. The summed E-state index contributed by atoms with van der Waals surface area (Å²) in [6.45, 7) is 0. The molecule has 0 atom stereocenters. The zero-order chi connectivity index (χ0) is 15.2. The van der Waals surface area contributed by atoms with Crippen molar-refractivity contribution in [3.05, 3.63) is 69.8 Å². The summed E-state index contributed by atoms with van der Waals surface area (Å²) in [4.78, 5) is 21.4. The van der Waals surface area contributed by atoms with E-state index < -0.39 is 10.9 Å². The molecular weight excluding hydrogens is 274 g/mol. The van der Waals surface area contributed by atoms with Crippen molar-refractivity contribution in [3.8, 4) is 0 Å². The minimum atomic E-state index is -1.08. The van der Waals surface area contributed by atoms with E-state index in [1.165, 1.54) is 18.3 Å². The first kappa shape index (κ1) is 14.2. The quantitative estimate of drug-likeness (QED) is 0.499. The van der Waals surface area contributed by atoms with Crippen LogP contribution < -0.4 is 5.43 Å². The van der Waals surface area contributed by atoms with Crippen molar-refractivity contribution in [1.82, 2.24) is 0 Å². The highest BCUT2D eigenvalue weighted by Gasteiger charge is 2.10.